The number of carbonyl (C=O) groups is 1. The average Bonchev–Trinajstić information content (AvgIpc) is 3.06. The molecule has 1 aliphatic rings. The molecule has 9 heteroatoms. The van der Waals surface area contributed by atoms with Crippen molar-refractivity contribution in [2.75, 3.05) is 17.9 Å². The Kier molecular flexibility index (Phi) is 5.62. The summed E-state index contributed by atoms with van der Waals surface area (Å²) < 4.78 is 7.06. The molecule has 1 aliphatic heterocycles. The lowest BCUT2D eigenvalue weighted by molar-refractivity contribution is -0.116. The summed E-state index contributed by atoms with van der Waals surface area (Å²) in [5.74, 6) is 1.18. The van der Waals surface area contributed by atoms with Crippen LogP contribution in [0, 0.1) is 20.8 Å². The summed E-state index contributed by atoms with van der Waals surface area (Å²) in [6, 6.07) is 11.2. The molecule has 1 amide bonds. The fourth-order valence-electron chi connectivity index (χ4n) is 3.55. The van der Waals surface area contributed by atoms with Crippen LogP contribution < -0.4 is 15.5 Å². The van der Waals surface area contributed by atoms with Crippen LogP contribution in [0.4, 0.5) is 5.69 Å². The number of hydrogen-bond acceptors (Lipinski definition) is 6. The first-order valence-electron chi connectivity index (χ1n) is 9.43. The normalized spacial score (nSPS) is 17.8. The number of thioether (sulfide) groups is 1. The number of fused-ring (bicyclic) bond motifs is 1. The van der Waals surface area contributed by atoms with Crippen molar-refractivity contribution in [2.45, 2.75) is 37.2 Å². The molecular weight excluding hydrogens is 422 g/mol. The van der Waals surface area contributed by atoms with E-state index >= 15 is 0 Å². The molecule has 0 radical (unpaired) electrons. The SMILES string of the molecule is COc1ccc([C@H]2Nn3c(C)nnc3S[C@@H]2C(=O)Nc2cc(C)cc(C)c2)cc1Cl. The number of halogens is 1. The fourth-order valence-corrected chi connectivity index (χ4v) is 4.94. The predicted molar refractivity (Wildman–Crippen MR) is 119 cm³/mol. The van der Waals surface area contributed by atoms with Crippen molar-refractivity contribution in [3.05, 3.63) is 63.9 Å². The molecule has 3 aromatic rings. The highest BCUT2D eigenvalue weighted by Crippen LogP contribution is 2.39. The maximum absolute atomic E-state index is 13.3. The van der Waals surface area contributed by atoms with Crippen LogP contribution in [0.1, 0.15) is 28.6 Å². The summed E-state index contributed by atoms with van der Waals surface area (Å²) in [4.78, 5) is 13.3. The largest absolute Gasteiger partial charge is 0.495 e. The molecular formula is C21H22ClN5O2S. The zero-order valence-electron chi connectivity index (χ0n) is 17.1. The molecule has 2 N–H and O–H groups in total. The summed E-state index contributed by atoms with van der Waals surface area (Å²) in [6.07, 6.45) is 0. The summed E-state index contributed by atoms with van der Waals surface area (Å²) >= 11 is 7.73. The van der Waals surface area contributed by atoms with Crippen LogP contribution in [0.3, 0.4) is 0 Å². The molecule has 0 bridgehead atoms. The molecule has 0 aliphatic carbocycles. The van der Waals surface area contributed by atoms with E-state index in [4.69, 9.17) is 16.3 Å². The lowest BCUT2D eigenvalue weighted by Crippen LogP contribution is -2.41. The summed E-state index contributed by atoms with van der Waals surface area (Å²) in [6.45, 7) is 5.87. The van der Waals surface area contributed by atoms with Gasteiger partial charge in [0.05, 0.1) is 18.2 Å². The van der Waals surface area contributed by atoms with Crippen LogP contribution >= 0.6 is 23.4 Å². The van der Waals surface area contributed by atoms with Gasteiger partial charge < -0.3 is 15.5 Å². The molecule has 1 aromatic heterocycles. The predicted octanol–water partition coefficient (Wildman–Crippen LogP) is 4.26. The Labute approximate surface area is 184 Å². The highest BCUT2D eigenvalue weighted by atomic mass is 35.5. The summed E-state index contributed by atoms with van der Waals surface area (Å²) in [7, 11) is 1.57. The van der Waals surface area contributed by atoms with E-state index < -0.39 is 5.25 Å². The Balaban J connectivity index is 1.69. The van der Waals surface area contributed by atoms with Gasteiger partial charge in [0.1, 0.15) is 16.8 Å². The third-order valence-electron chi connectivity index (χ3n) is 4.88. The molecule has 156 valence electrons. The molecule has 0 saturated heterocycles. The van der Waals surface area contributed by atoms with E-state index in [1.165, 1.54) is 11.8 Å². The minimum atomic E-state index is -0.480. The van der Waals surface area contributed by atoms with Gasteiger partial charge in [-0.05, 0) is 61.7 Å². The van der Waals surface area contributed by atoms with E-state index in [2.05, 4.69) is 27.0 Å². The van der Waals surface area contributed by atoms with Gasteiger partial charge in [-0.15, -0.1) is 10.2 Å². The van der Waals surface area contributed by atoms with Crippen molar-refractivity contribution >= 4 is 35.0 Å². The summed E-state index contributed by atoms with van der Waals surface area (Å²) in [5, 5.41) is 12.0. The molecule has 4 rings (SSSR count). The van der Waals surface area contributed by atoms with Gasteiger partial charge in [-0.2, -0.15) is 0 Å². The number of methoxy groups -OCH3 is 1. The van der Waals surface area contributed by atoms with Crippen LogP contribution in [0.5, 0.6) is 5.75 Å². The van der Waals surface area contributed by atoms with Gasteiger partial charge in [-0.25, -0.2) is 4.68 Å². The number of nitrogens with one attached hydrogen (secondary N) is 2. The molecule has 2 aromatic carbocycles. The number of ether oxygens (including phenoxy) is 1. The van der Waals surface area contributed by atoms with Gasteiger partial charge in [-0.1, -0.05) is 35.5 Å². The summed E-state index contributed by atoms with van der Waals surface area (Å²) in [5.41, 5.74) is 7.20. The van der Waals surface area contributed by atoms with E-state index in [0.29, 0.717) is 15.9 Å². The Morgan fingerprint density at radius 3 is 2.57 bits per heavy atom. The molecule has 2 atom stereocenters. The molecule has 0 fully saturated rings. The third kappa shape index (κ3) is 3.97. The van der Waals surface area contributed by atoms with Crippen molar-refractivity contribution in [2.24, 2.45) is 0 Å². The first kappa shape index (κ1) is 20.6. The number of nitrogens with zero attached hydrogens (tertiary/aromatic N) is 3. The first-order valence-corrected chi connectivity index (χ1v) is 10.7. The van der Waals surface area contributed by atoms with Crippen molar-refractivity contribution in [3.8, 4) is 5.75 Å². The zero-order chi connectivity index (χ0) is 21.4. The van der Waals surface area contributed by atoms with Gasteiger partial charge in [0, 0.05) is 5.69 Å². The smallest absolute Gasteiger partial charge is 0.240 e. The Hall–Kier alpha value is -2.71. The number of anilines is 1. The van der Waals surface area contributed by atoms with E-state index in [1.807, 2.05) is 45.0 Å². The van der Waals surface area contributed by atoms with Gasteiger partial charge in [0.25, 0.3) is 0 Å². The second kappa shape index (κ2) is 8.20. The number of rotatable bonds is 4. The van der Waals surface area contributed by atoms with E-state index in [0.717, 1.165) is 28.2 Å². The van der Waals surface area contributed by atoms with Crippen LogP contribution in [-0.2, 0) is 4.79 Å². The van der Waals surface area contributed by atoms with Crippen molar-refractivity contribution < 1.29 is 9.53 Å². The van der Waals surface area contributed by atoms with Crippen molar-refractivity contribution in [1.82, 2.24) is 14.9 Å². The maximum Gasteiger partial charge on any atom is 0.240 e. The average molecular weight is 444 g/mol. The molecule has 30 heavy (non-hydrogen) atoms. The topological polar surface area (TPSA) is 81.1 Å². The van der Waals surface area contributed by atoms with Crippen LogP contribution in [0.2, 0.25) is 5.02 Å². The van der Waals surface area contributed by atoms with Gasteiger partial charge in [0.2, 0.25) is 11.1 Å². The third-order valence-corrected chi connectivity index (χ3v) is 6.39. The highest BCUT2D eigenvalue weighted by molar-refractivity contribution is 8.00. The van der Waals surface area contributed by atoms with Gasteiger partial charge >= 0.3 is 0 Å². The minimum Gasteiger partial charge on any atom is -0.495 e. The highest BCUT2D eigenvalue weighted by Gasteiger charge is 2.37. The molecule has 0 spiro atoms. The molecule has 7 nitrogen and oxygen atoms in total. The quantitative estimate of drug-likeness (QED) is 0.627. The van der Waals surface area contributed by atoms with Gasteiger partial charge in [0.15, 0.2) is 0 Å². The number of aryl methyl sites for hydroxylation is 3. The standard InChI is InChI=1S/C21H22ClN5O2S/c1-11-7-12(2)9-15(8-11)23-20(28)19-18(14-5-6-17(29-4)16(22)10-14)26-27-13(3)24-25-21(27)30-19/h5-10,18-19,26H,1-4H3,(H,23,28)/t18-,19+/m1/s1. The van der Waals surface area contributed by atoms with Crippen LogP contribution in [0.15, 0.2) is 41.6 Å². The van der Waals surface area contributed by atoms with E-state index in [1.54, 1.807) is 17.9 Å². The Bertz CT molecular complexity index is 1100. The molecule has 0 unspecified atom stereocenters. The second-order valence-corrected chi connectivity index (χ2v) is 8.79. The second-order valence-electron chi connectivity index (χ2n) is 7.27. The van der Waals surface area contributed by atoms with Crippen molar-refractivity contribution in [3.63, 3.8) is 0 Å². The number of benzene rings is 2. The number of carbonyl (C=O) groups excluding carboxylic acids is 1. The monoisotopic (exact) mass is 443 g/mol. The minimum absolute atomic E-state index is 0.124. The van der Waals surface area contributed by atoms with Gasteiger partial charge in [-0.3, -0.25) is 4.79 Å². The fraction of sp³-hybridized carbons (Fsp3) is 0.286. The first-order chi connectivity index (χ1) is 14.4. The lowest BCUT2D eigenvalue weighted by Gasteiger charge is -2.33. The Morgan fingerprint density at radius 2 is 1.90 bits per heavy atom. The number of aromatic nitrogens is 3. The molecule has 0 saturated carbocycles. The Morgan fingerprint density at radius 1 is 1.17 bits per heavy atom. The van der Waals surface area contributed by atoms with E-state index in [9.17, 15) is 4.79 Å². The van der Waals surface area contributed by atoms with Crippen LogP contribution in [-0.4, -0.2) is 33.1 Å². The lowest BCUT2D eigenvalue weighted by atomic mass is 10.0. The van der Waals surface area contributed by atoms with Crippen LogP contribution in [0.25, 0.3) is 0 Å². The molecule has 2 heterocycles. The van der Waals surface area contributed by atoms with E-state index in [-0.39, 0.29) is 11.9 Å². The number of hydrogen-bond donors (Lipinski definition) is 2. The number of amides is 1. The zero-order valence-corrected chi connectivity index (χ0v) is 18.6. The van der Waals surface area contributed by atoms with Crippen molar-refractivity contribution in [1.29, 1.82) is 0 Å². The maximum atomic E-state index is 13.3.